The molecule has 2 aliphatic carbocycles. The molecule has 1 saturated carbocycles. The topological polar surface area (TPSA) is 84.2 Å². The lowest BCUT2D eigenvalue weighted by molar-refractivity contribution is -0.105. The van der Waals surface area contributed by atoms with E-state index >= 15 is 0 Å². The van der Waals surface area contributed by atoms with Crippen molar-refractivity contribution in [2.24, 2.45) is 11.8 Å². The average Bonchev–Trinajstić information content (AvgIpc) is 3.59. The highest BCUT2D eigenvalue weighted by molar-refractivity contribution is 7.90. The second-order valence-corrected chi connectivity index (χ2v) is 8.39. The van der Waals surface area contributed by atoms with Crippen molar-refractivity contribution >= 4 is 53.4 Å². The highest BCUT2D eigenvalue weighted by Crippen LogP contribution is 2.45. The Kier molecular flexibility index (Phi) is 8.33. The van der Waals surface area contributed by atoms with Crippen molar-refractivity contribution in [1.29, 1.82) is 0 Å². The maximum atomic E-state index is 10.8. The quantitative estimate of drug-likeness (QED) is 0.239. The first kappa shape index (κ1) is 24.1. The molecule has 0 heterocycles. The first-order valence-corrected chi connectivity index (χ1v) is 11.2. The summed E-state index contributed by atoms with van der Waals surface area (Å²) >= 11 is 4.73. The van der Waals surface area contributed by atoms with Gasteiger partial charge in [-0.05, 0) is 78.8 Å². The van der Waals surface area contributed by atoms with E-state index in [1.165, 1.54) is 12.0 Å². The Balaban J connectivity index is 0.000000286. The first-order chi connectivity index (χ1) is 16.0. The smallest absolute Gasteiger partial charge is 0.211 e. The Morgan fingerprint density at radius 1 is 1.15 bits per heavy atom. The first-order valence-electron chi connectivity index (χ1n) is 10.8. The van der Waals surface area contributed by atoms with Crippen molar-refractivity contribution in [2.45, 2.75) is 13.3 Å². The third kappa shape index (κ3) is 6.49. The molecule has 2 aromatic rings. The Morgan fingerprint density at radius 2 is 1.91 bits per heavy atom. The molecular formula is C27H29N3O2S. The number of aldehydes is 1. The van der Waals surface area contributed by atoms with Crippen LogP contribution in [0.4, 0.5) is 17.1 Å². The lowest BCUT2D eigenvalue weighted by Gasteiger charge is -2.15. The number of carbonyl (C=O) groups is 2. The summed E-state index contributed by atoms with van der Waals surface area (Å²) in [5.41, 5.74) is 11.6. The molecule has 4 N–H and O–H groups in total. The number of anilines is 3. The summed E-state index contributed by atoms with van der Waals surface area (Å²) in [7, 11) is 1.90. The van der Waals surface area contributed by atoms with Gasteiger partial charge in [0.15, 0.2) is 0 Å². The maximum Gasteiger partial charge on any atom is 0.211 e. The number of benzene rings is 2. The van der Waals surface area contributed by atoms with Crippen LogP contribution in [0.15, 0.2) is 72.4 Å². The number of nitrogens with one attached hydrogen (secondary N) is 2. The zero-order chi connectivity index (χ0) is 23.8. The van der Waals surface area contributed by atoms with E-state index in [0.29, 0.717) is 23.6 Å². The summed E-state index contributed by atoms with van der Waals surface area (Å²) in [6, 6.07) is 10.6. The van der Waals surface area contributed by atoms with Gasteiger partial charge in [-0.15, -0.1) is 12.6 Å². The molecule has 0 saturated heterocycles. The van der Waals surface area contributed by atoms with Crippen molar-refractivity contribution in [1.82, 2.24) is 0 Å². The molecule has 0 aromatic heterocycles. The normalized spacial score (nSPS) is 18.5. The van der Waals surface area contributed by atoms with Crippen LogP contribution in [0.5, 0.6) is 0 Å². The Labute approximate surface area is 200 Å². The summed E-state index contributed by atoms with van der Waals surface area (Å²) in [6.45, 7) is 1.97. The van der Waals surface area contributed by atoms with E-state index in [1.807, 2.05) is 38.3 Å². The van der Waals surface area contributed by atoms with Gasteiger partial charge in [0.1, 0.15) is 6.29 Å². The van der Waals surface area contributed by atoms with Crippen molar-refractivity contribution in [3.63, 3.8) is 0 Å². The van der Waals surface area contributed by atoms with Gasteiger partial charge in [-0.1, -0.05) is 30.4 Å². The van der Waals surface area contributed by atoms with Gasteiger partial charge >= 0.3 is 0 Å². The summed E-state index contributed by atoms with van der Waals surface area (Å²) < 4.78 is 0. The molecule has 2 aromatic carbocycles. The predicted molar refractivity (Wildman–Crippen MR) is 142 cm³/mol. The summed E-state index contributed by atoms with van der Waals surface area (Å²) in [6.07, 6.45) is 15.6. The van der Waals surface area contributed by atoms with Gasteiger partial charge in [0, 0.05) is 40.1 Å². The Hall–Kier alpha value is -3.51. The van der Waals surface area contributed by atoms with Crippen molar-refractivity contribution in [3.8, 4) is 0 Å². The van der Waals surface area contributed by atoms with Crippen LogP contribution in [-0.4, -0.2) is 19.7 Å². The fourth-order valence-electron chi connectivity index (χ4n) is 3.70. The van der Waals surface area contributed by atoms with Gasteiger partial charge in [-0.2, -0.15) is 0 Å². The van der Waals surface area contributed by atoms with E-state index in [1.54, 1.807) is 24.3 Å². The minimum atomic E-state index is 0.657. The highest BCUT2D eigenvalue weighted by Gasteiger charge is 2.34. The third-order valence-corrected chi connectivity index (χ3v) is 5.85. The number of fused-ring (bicyclic) bond motifs is 1. The Morgan fingerprint density at radius 3 is 2.52 bits per heavy atom. The molecular weight excluding hydrogens is 430 g/mol. The zero-order valence-corrected chi connectivity index (χ0v) is 19.7. The van der Waals surface area contributed by atoms with E-state index in [-0.39, 0.29) is 0 Å². The molecule has 170 valence electrons. The molecule has 2 aliphatic rings. The molecule has 2 atom stereocenters. The molecule has 2 unspecified atom stereocenters. The molecule has 1 amide bonds. The lowest BCUT2D eigenvalue weighted by atomic mass is 10.0. The second-order valence-electron chi connectivity index (χ2n) is 7.90. The number of allylic oxidation sites excluding steroid dienone is 6. The zero-order valence-electron chi connectivity index (χ0n) is 18.8. The van der Waals surface area contributed by atoms with Gasteiger partial charge in [-0.3, -0.25) is 9.59 Å². The predicted octanol–water partition coefficient (Wildman–Crippen LogP) is 5.81. The number of amides is 1. The van der Waals surface area contributed by atoms with E-state index in [0.717, 1.165) is 39.6 Å². The van der Waals surface area contributed by atoms with Crippen LogP contribution in [-0.2, 0) is 4.79 Å². The van der Waals surface area contributed by atoms with Gasteiger partial charge in [0.05, 0.1) is 0 Å². The monoisotopic (exact) mass is 459 g/mol. The molecule has 0 aliphatic heterocycles. The molecule has 1 fully saturated rings. The van der Waals surface area contributed by atoms with Crippen LogP contribution >= 0.6 is 12.6 Å². The number of hydrogen-bond acceptors (Lipinski definition) is 5. The largest absolute Gasteiger partial charge is 0.399 e. The molecule has 33 heavy (non-hydrogen) atoms. The van der Waals surface area contributed by atoms with Crippen LogP contribution < -0.4 is 16.4 Å². The number of hydrogen-bond donors (Lipinski definition) is 4. The molecule has 0 bridgehead atoms. The number of nitrogen functional groups attached to an aromatic ring is 1. The third-order valence-electron chi connectivity index (χ3n) is 5.48. The fourth-order valence-corrected chi connectivity index (χ4v) is 4.03. The van der Waals surface area contributed by atoms with E-state index < -0.39 is 0 Å². The minimum absolute atomic E-state index is 0.657. The van der Waals surface area contributed by atoms with Crippen molar-refractivity contribution < 1.29 is 9.59 Å². The summed E-state index contributed by atoms with van der Waals surface area (Å²) in [4.78, 5) is 21.8. The standard InChI is InChI=1S/C20H22N2OS.C7H7NO/c1-3-4-15-10-17(22-12-23)11-18(20(15)21-2)19(24)8-13-5-6-14-9-16(14)7-13;8-7-3-1-6(5-9)2-4-7/h3-8,10-12,14,16,21,24H,9H2,1-2H3,(H,22,23);1-5H,8H2/b4-3+,19-8-;. The van der Waals surface area contributed by atoms with E-state index in [9.17, 15) is 9.59 Å². The number of carbonyl (C=O) groups excluding carboxylic acids is 2. The second kappa shape index (κ2) is 11.4. The fraction of sp³-hybridized carbons (Fsp3) is 0.185. The van der Waals surface area contributed by atoms with Crippen LogP contribution in [0.2, 0.25) is 0 Å². The SMILES string of the molecule is C/C=C/c1cc(NC=O)cc(/C(S)=C/C2=CC3CC3C=C2)c1NC.Nc1ccc(C=O)cc1. The maximum absolute atomic E-state index is 10.8. The number of nitrogens with two attached hydrogens (primary N) is 1. The van der Waals surface area contributed by atoms with Gasteiger partial charge in [0.25, 0.3) is 0 Å². The summed E-state index contributed by atoms with van der Waals surface area (Å²) in [5, 5.41) is 6.00. The highest BCUT2D eigenvalue weighted by atomic mass is 32.1. The van der Waals surface area contributed by atoms with Gasteiger partial charge in [-0.25, -0.2) is 0 Å². The van der Waals surface area contributed by atoms with Crippen molar-refractivity contribution in [3.05, 3.63) is 89.0 Å². The van der Waals surface area contributed by atoms with Gasteiger partial charge < -0.3 is 16.4 Å². The molecule has 4 rings (SSSR count). The number of thiol groups is 1. The molecule has 0 spiro atoms. The molecule has 0 radical (unpaired) electrons. The Bertz CT molecular complexity index is 1130. The summed E-state index contributed by atoms with van der Waals surface area (Å²) in [5.74, 6) is 1.45. The lowest BCUT2D eigenvalue weighted by Crippen LogP contribution is -2.01. The van der Waals surface area contributed by atoms with E-state index in [2.05, 4.69) is 34.9 Å². The van der Waals surface area contributed by atoms with Crippen LogP contribution in [0.1, 0.15) is 34.8 Å². The molecule has 6 heteroatoms. The number of rotatable bonds is 7. The molecule has 5 nitrogen and oxygen atoms in total. The van der Waals surface area contributed by atoms with Crippen LogP contribution in [0.3, 0.4) is 0 Å². The van der Waals surface area contributed by atoms with Crippen LogP contribution in [0, 0.1) is 11.8 Å². The van der Waals surface area contributed by atoms with Gasteiger partial charge in [0.2, 0.25) is 6.41 Å². The van der Waals surface area contributed by atoms with E-state index in [4.69, 9.17) is 18.4 Å². The van der Waals surface area contributed by atoms with Crippen molar-refractivity contribution in [2.75, 3.05) is 23.4 Å². The minimum Gasteiger partial charge on any atom is -0.399 e. The average molecular weight is 460 g/mol. The van der Waals surface area contributed by atoms with Crippen LogP contribution in [0.25, 0.3) is 11.0 Å².